The van der Waals surface area contributed by atoms with E-state index in [-0.39, 0.29) is 35.1 Å². The normalized spacial score (nSPS) is 14.4. The summed E-state index contributed by atoms with van der Waals surface area (Å²) in [6.45, 7) is 0.555. The number of rotatable bonds is 5. The molecule has 0 bridgehead atoms. The first-order chi connectivity index (χ1) is 13.5. The van der Waals surface area contributed by atoms with Crippen LogP contribution in [0.4, 0.5) is 5.69 Å². The summed E-state index contributed by atoms with van der Waals surface area (Å²) in [5, 5.41) is 3.16. The van der Waals surface area contributed by atoms with Crippen LogP contribution in [-0.4, -0.2) is 47.4 Å². The van der Waals surface area contributed by atoms with Gasteiger partial charge in [-0.1, -0.05) is 29.8 Å². The third-order valence-electron chi connectivity index (χ3n) is 4.55. The number of para-hydroxylation sites is 1. The molecular weight excluding hydrogens is 382 g/mol. The maximum absolute atomic E-state index is 12.3. The van der Waals surface area contributed by atoms with Gasteiger partial charge in [0.05, 0.1) is 5.56 Å². The SMILES string of the molecule is O=C(OCC(=O)N1CCC(C(=O)Nc2ccccc2)CC1)c1ccc(Cl)nc1. The van der Waals surface area contributed by atoms with Gasteiger partial charge in [0.15, 0.2) is 6.61 Å². The molecule has 1 aromatic carbocycles. The number of esters is 1. The van der Waals surface area contributed by atoms with Crippen molar-refractivity contribution >= 4 is 35.1 Å². The number of likely N-dealkylation sites (tertiary alicyclic amines) is 1. The summed E-state index contributed by atoms with van der Waals surface area (Å²) in [7, 11) is 0. The molecule has 3 rings (SSSR count). The molecule has 8 heteroatoms. The van der Waals surface area contributed by atoms with Crippen molar-refractivity contribution in [2.24, 2.45) is 5.92 Å². The standard InChI is InChI=1S/C20H20ClN3O4/c21-17-7-6-15(12-22-17)20(27)28-13-18(25)24-10-8-14(9-11-24)19(26)23-16-4-2-1-3-5-16/h1-7,12,14H,8-11,13H2,(H,23,26). The van der Waals surface area contributed by atoms with Crippen LogP contribution in [0.2, 0.25) is 5.15 Å². The Morgan fingerprint density at radius 3 is 2.46 bits per heavy atom. The van der Waals surface area contributed by atoms with E-state index in [9.17, 15) is 14.4 Å². The second-order valence-electron chi connectivity index (χ2n) is 6.46. The van der Waals surface area contributed by atoms with Crippen molar-refractivity contribution in [3.8, 4) is 0 Å². The van der Waals surface area contributed by atoms with Crippen molar-refractivity contribution < 1.29 is 19.1 Å². The Morgan fingerprint density at radius 2 is 1.82 bits per heavy atom. The van der Waals surface area contributed by atoms with Gasteiger partial charge in [-0.3, -0.25) is 9.59 Å². The van der Waals surface area contributed by atoms with Crippen LogP contribution < -0.4 is 5.32 Å². The highest BCUT2D eigenvalue weighted by Crippen LogP contribution is 2.19. The molecule has 0 unspecified atom stereocenters. The minimum Gasteiger partial charge on any atom is -0.452 e. The van der Waals surface area contributed by atoms with Crippen LogP contribution in [0.25, 0.3) is 0 Å². The molecule has 0 atom stereocenters. The van der Waals surface area contributed by atoms with Crippen LogP contribution >= 0.6 is 11.6 Å². The summed E-state index contributed by atoms with van der Waals surface area (Å²) in [5.41, 5.74) is 0.989. The first kappa shape index (κ1) is 19.8. The van der Waals surface area contributed by atoms with E-state index in [4.69, 9.17) is 16.3 Å². The smallest absolute Gasteiger partial charge is 0.340 e. The van der Waals surface area contributed by atoms with E-state index < -0.39 is 5.97 Å². The average molecular weight is 402 g/mol. The molecule has 146 valence electrons. The van der Waals surface area contributed by atoms with Crippen molar-refractivity contribution in [3.63, 3.8) is 0 Å². The Morgan fingerprint density at radius 1 is 1.11 bits per heavy atom. The van der Waals surface area contributed by atoms with Crippen LogP contribution in [-0.2, 0) is 14.3 Å². The lowest BCUT2D eigenvalue weighted by Gasteiger charge is -2.31. The van der Waals surface area contributed by atoms with Gasteiger partial charge in [-0.25, -0.2) is 9.78 Å². The van der Waals surface area contributed by atoms with Crippen molar-refractivity contribution in [2.75, 3.05) is 25.0 Å². The van der Waals surface area contributed by atoms with Gasteiger partial charge in [0.1, 0.15) is 5.15 Å². The van der Waals surface area contributed by atoms with Crippen LogP contribution in [0.1, 0.15) is 23.2 Å². The fourth-order valence-electron chi connectivity index (χ4n) is 2.96. The van der Waals surface area contributed by atoms with Crippen molar-refractivity contribution in [3.05, 3.63) is 59.4 Å². The number of aromatic nitrogens is 1. The third-order valence-corrected chi connectivity index (χ3v) is 4.77. The predicted molar refractivity (Wildman–Crippen MR) is 104 cm³/mol. The monoisotopic (exact) mass is 401 g/mol. The summed E-state index contributed by atoms with van der Waals surface area (Å²) in [5.74, 6) is -1.10. The fourth-order valence-corrected chi connectivity index (χ4v) is 3.07. The molecule has 1 aromatic heterocycles. The lowest BCUT2D eigenvalue weighted by atomic mass is 9.95. The lowest BCUT2D eigenvalue weighted by Crippen LogP contribution is -2.43. The maximum Gasteiger partial charge on any atom is 0.340 e. The van der Waals surface area contributed by atoms with Crippen LogP contribution in [0.5, 0.6) is 0 Å². The molecule has 1 aliphatic heterocycles. The number of hydrogen-bond donors (Lipinski definition) is 1. The van der Waals surface area contributed by atoms with Crippen LogP contribution in [0.3, 0.4) is 0 Å². The molecule has 0 spiro atoms. The minimum atomic E-state index is -0.630. The molecule has 0 saturated carbocycles. The molecule has 2 amide bonds. The number of carbonyl (C=O) groups excluding carboxylic acids is 3. The molecule has 1 N–H and O–H groups in total. The number of amides is 2. The maximum atomic E-state index is 12.3. The summed E-state index contributed by atoms with van der Waals surface area (Å²) < 4.78 is 5.04. The molecule has 0 radical (unpaired) electrons. The number of nitrogens with zero attached hydrogens (tertiary/aromatic N) is 2. The number of carbonyl (C=O) groups is 3. The van der Waals surface area contributed by atoms with Gasteiger partial charge in [0.25, 0.3) is 5.91 Å². The molecular formula is C20H20ClN3O4. The zero-order chi connectivity index (χ0) is 19.9. The molecule has 7 nitrogen and oxygen atoms in total. The topological polar surface area (TPSA) is 88.6 Å². The van der Waals surface area contributed by atoms with E-state index in [1.165, 1.54) is 18.3 Å². The molecule has 1 saturated heterocycles. The quantitative estimate of drug-likeness (QED) is 0.614. The number of benzene rings is 1. The number of hydrogen-bond acceptors (Lipinski definition) is 5. The second-order valence-corrected chi connectivity index (χ2v) is 6.84. The summed E-state index contributed by atoms with van der Waals surface area (Å²) in [6, 6.07) is 12.2. The Bertz CT molecular complexity index is 834. The highest BCUT2D eigenvalue weighted by atomic mass is 35.5. The number of anilines is 1. The van der Waals surface area contributed by atoms with E-state index in [0.717, 1.165) is 5.69 Å². The molecule has 28 heavy (non-hydrogen) atoms. The van der Waals surface area contributed by atoms with E-state index in [0.29, 0.717) is 25.9 Å². The molecule has 1 fully saturated rings. The Hall–Kier alpha value is -2.93. The second kappa shape index (κ2) is 9.32. The predicted octanol–water partition coefficient (Wildman–Crippen LogP) is 2.77. The van der Waals surface area contributed by atoms with Gasteiger partial charge in [-0.2, -0.15) is 0 Å². The molecule has 2 aromatic rings. The van der Waals surface area contributed by atoms with Gasteiger partial charge in [-0.05, 0) is 37.1 Å². The largest absolute Gasteiger partial charge is 0.452 e. The Kier molecular flexibility index (Phi) is 6.60. The van der Waals surface area contributed by atoms with Crippen LogP contribution in [0, 0.1) is 5.92 Å². The summed E-state index contributed by atoms with van der Waals surface area (Å²) >= 11 is 5.67. The van der Waals surface area contributed by atoms with Crippen LogP contribution in [0.15, 0.2) is 48.7 Å². The molecule has 2 heterocycles. The van der Waals surface area contributed by atoms with E-state index in [1.54, 1.807) is 4.90 Å². The minimum absolute atomic E-state index is 0.0417. The van der Waals surface area contributed by atoms with Gasteiger partial charge < -0.3 is 15.0 Å². The zero-order valence-corrected chi connectivity index (χ0v) is 15.9. The van der Waals surface area contributed by atoms with E-state index >= 15 is 0 Å². The summed E-state index contributed by atoms with van der Waals surface area (Å²) in [4.78, 5) is 42.0. The van der Waals surface area contributed by atoms with Gasteiger partial charge >= 0.3 is 5.97 Å². The van der Waals surface area contributed by atoms with E-state index in [1.807, 2.05) is 30.3 Å². The highest BCUT2D eigenvalue weighted by molar-refractivity contribution is 6.29. The lowest BCUT2D eigenvalue weighted by molar-refractivity contribution is -0.137. The third kappa shape index (κ3) is 5.29. The Balaban J connectivity index is 1.42. The van der Waals surface area contributed by atoms with Crippen molar-refractivity contribution in [1.82, 2.24) is 9.88 Å². The Labute approximate surface area is 167 Å². The molecule has 1 aliphatic rings. The fraction of sp³-hybridized carbons (Fsp3) is 0.300. The van der Waals surface area contributed by atoms with Gasteiger partial charge in [0, 0.05) is 30.9 Å². The number of pyridine rings is 1. The highest BCUT2D eigenvalue weighted by Gasteiger charge is 2.27. The first-order valence-corrected chi connectivity index (χ1v) is 9.33. The van der Waals surface area contributed by atoms with Crippen molar-refractivity contribution in [2.45, 2.75) is 12.8 Å². The average Bonchev–Trinajstić information content (AvgIpc) is 2.73. The number of halogens is 1. The van der Waals surface area contributed by atoms with Crippen molar-refractivity contribution in [1.29, 1.82) is 0 Å². The summed E-state index contributed by atoms with van der Waals surface area (Å²) in [6.07, 6.45) is 2.44. The first-order valence-electron chi connectivity index (χ1n) is 8.95. The van der Waals surface area contributed by atoms with E-state index in [2.05, 4.69) is 10.3 Å². The zero-order valence-electron chi connectivity index (χ0n) is 15.1. The number of ether oxygens (including phenoxy) is 1. The van der Waals surface area contributed by atoms with Gasteiger partial charge in [-0.15, -0.1) is 0 Å². The number of piperidine rings is 1. The number of nitrogens with one attached hydrogen (secondary N) is 1. The van der Waals surface area contributed by atoms with Gasteiger partial charge in [0.2, 0.25) is 5.91 Å². The molecule has 0 aliphatic carbocycles.